The van der Waals surface area contributed by atoms with E-state index in [2.05, 4.69) is 12.2 Å². The number of nitrogens with one attached hydrogen (secondary N) is 1. The van der Waals surface area contributed by atoms with Crippen molar-refractivity contribution in [2.24, 2.45) is 5.73 Å². The van der Waals surface area contributed by atoms with Gasteiger partial charge in [0.1, 0.15) is 11.8 Å². The Hall–Kier alpha value is -1.71. The van der Waals surface area contributed by atoms with Crippen molar-refractivity contribution in [3.63, 3.8) is 0 Å². The Morgan fingerprint density at radius 2 is 2.29 bits per heavy atom. The molecule has 1 aromatic carbocycles. The molecule has 4 nitrogen and oxygen atoms in total. The standard InChI is InChI=1S/C13H20N2O2/c1-3-4-8-12(13(14)16)15-10-6-5-7-11(9-10)17-2/h5-7,9,12,15H,3-4,8H2,1-2H3,(H2,14,16). The molecular weight excluding hydrogens is 216 g/mol. The summed E-state index contributed by atoms with van der Waals surface area (Å²) in [6.07, 6.45) is 2.77. The molecule has 0 heterocycles. The highest BCUT2D eigenvalue weighted by atomic mass is 16.5. The lowest BCUT2D eigenvalue weighted by molar-refractivity contribution is -0.118. The van der Waals surface area contributed by atoms with Crippen LogP contribution in [0.4, 0.5) is 5.69 Å². The van der Waals surface area contributed by atoms with Crippen LogP contribution in [0.2, 0.25) is 0 Å². The quantitative estimate of drug-likeness (QED) is 0.762. The van der Waals surface area contributed by atoms with Gasteiger partial charge < -0.3 is 15.8 Å². The number of carbonyl (C=O) groups excluding carboxylic acids is 1. The maximum Gasteiger partial charge on any atom is 0.239 e. The molecule has 17 heavy (non-hydrogen) atoms. The van der Waals surface area contributed by atoms with E-state index in [9.17, 15) is 4.79 Å². The van der Waals surface area contributed by atoms with Crippen molar-refractivity contribution in [2.75, 3.05) is 12.4 Å². The van der Waals surface area contributed by atoms with E-state index in [4.69, 9.17) is 10.5 Å². The number of ether oxygens (including phenoxy) is 1. The van der Waals surface area contributed by atoms with Crippen molar-refractivity contribution >= 4 is 11.6 Å². The number of benzene rings is 1. The van der Waals surface area contributed by atoms with Crippen LogP contribution in [0.15, 0.2) is 24.3 Å². The van der Waals surface area contributed by atoms with E-state index in [-0.39, 0.29) is 11.9 Å². The lowest BCUT2D eigenvalue weighted by Gasteiger charge is -2.16. The Morgan fingerprint density at radius 1 is 1.53 bits per heavy atom. The van der Waals surface area contributed by atoms with Crippen molar-refractivity contribution in [1.29, 1.82) is 0 Å². The molecule has 1 amide bonds. The third kappa shape index (κ3) is 4.34. The summed E-state index contributed by atoms with van der Waals surface area (Å²) in [6.45, 7) is 2.09. The third-order valence-electron chi connectivity index (χ3n) is 2.60. The monoisotopic (exact) mass is 236 g/mol. The van der Waals surface area contributed by atoms with Gasteiger partial charge in [0.15, 0.2) is 0 Å². The van der Waals surface area contributed by atoms with Gasteiger partial charge in [-0.05, 0) is 18.6 Å². The Labute approximate surface area is 102 Å². The van der Waals surface area contributed by atoms with Crippen molar-refractivity contribution in [3.05, 3.63) is 24.3 Å². The predicted molar refractivity (Wildman–Crippen MR) is 69.1 cm³/mol. The molecule has 0 saturated carbocycles. The number of rotatable bonds is 7. The second-order valence-corrected chi connectivity index (χ2v) is 3.97. The summed E-state index contributed by atoms with van der Waals surface area (Å²) in [4.78, 5) is 11.3. The lowest BCUT2D eigenvalue weighted by atomic mass is 10.1. The van der Waals surface area contributed by atoms with Gasteiger partial charge in [-0.15, -0.1) is 0 Å². The minimum atomic E-state index is -0.318. The number of amides is 1. The molecule has 0 saturated heterocycles. The minimum absolute atomic E-state index is 0.318. The summed E-state index contributed by atoms with van der Waals surface area (Å²) >= 11 is 0. The summed E-state index contributed by atoms with van der Waals surface area (Å²) in [6, 6.07) is 7.16. The zero-order chi connectivity index (χ0) is 12.7. The number of nitrogens with two attached hydrogens (primary N) is 1. The number of methoxy groups -OCH3 is 1. The van der Waals surface area contributed by atoms with Gasteiger partial charge in [-0.2, -0.15) is 0 Å². The van der Waals surface area contributed by atoms with Gasteiger partial charge in [-0.25, -0.2) is 0 Å². The lowest BCUT2D eigenvalue weighted by Crippen LogP contribution is -2.35. The molecule has 0 spiro atoms. The number of hydrogen-bond acceptors (Lipinski definition) is 3. The SMILES string of the molecule is CCCCC(Nc1cccc(OC)c1)C(N)=O. The Balaban J connectivity index is 2.67. The van der Waals surface area contributed by atoms with E-state index in [1.165, 1.54) is 0 Å². The van der Waals surface area contributed by atoms with Crippen molar-refractivity contribution in [3.8, 4) is 5.75 Å². The van der Waals surface area contributed by atoms with E-state index >= 15 is 0 Å². The highest BCUT2D eigenvalue weighted by Gasteiger charge is 2.14. The average Bonchev–Trinajstić information content (AvgIpc) is 2.34. The third-order valence-corrected chi connectivity index (χ3v) is 2.60. The van der Waals surface area contributed by atoms with Gasteiger partial charge in [0.05, 0.1) is 7.11 Å². The molecule has 94 valence electrons. The van der Waals surface area contributed by atoms with E-state index in [1.54, 1.807) is 7.11 Å². The van der Waals surface area contributed by atoms with Crippen LogP contribution in [0, 0.1) is 0 Å². The summed E-state index contributed by atoms with van der Waals surface area (Å²) < 4.78 is 5.12. The minimum Gasteiger partial charge on any atom is -0.497 e. The van der Waals surface area contributed by atoms with Crippen LogP contribution in [-0.2, 0) is 4.79 Å². The topological polar surface area (TPSA) is 64.3 Å². The van der Waals surface area contributed by atoms with E-state index in [0.717, 1.165) is 30.7 Å². The Kier molecular flexibility index (Phi) is 5.33. The normalized spacial score (nSPS) is 11.9. The van der Waals surface area contributed by atoms with Crippen LogP contribution < -0.4 is 15.8 Å². The van der Waals surface area contributed by atoms with Crippen LogP contribution in [0.5, 0.6) is 5.75 Å². The number of hydrogen-bond donors (Lipinski definition) is 2. The van der Waals surface area contributed by atoms with Crippen LogP contribution in [-0.4, -0.2) is 19.1 Å². The number of primary amides is 1. The molecule has 0 aromatic heterocycles. The van der Waals surface area contributed by atoms with Crippen LogP contribution in [0.1, 0.15) is 26.2 Å². The molecule has 0 radical (unpaired) electrons. The molecule has 3 N–H and O–H groups in total. The number of carbonyl (C=O) groups is 1. The van der Waals surface area contributed by atoms with E-state index < -0.39 is 0 Å². The van der Waals surface area contributed by atoms with E-state index in [0.29, 0.717) is 0 Å². The van der Waals surface area contributed by atoms with Gasteiger partial charge in [0, 0.05) is 11.8 Å². The maximum absolute atomic E-state index is 11.3. The molecule has 1 atom stereocenters. The molecule has 4 heteroatoms. The first kappa shape index (κ1) is 13.4. The second-order valence-electron chi connectivity index (χ2n) is 3.97. The summed E-state index contributed by atoms with van der Waals surface area (Å²) in [5.41, 5.74) is 6.21. The molecule has 0 aliphatic carbocycles. The fraction of sp³-hybridized carbons (Fsp3) is 0.462. The van der Waals surface area contributed by atoms with Crippen LogP contribution in [0.25, 0.3) is 0 Å². The molecule has 0 bridgehead atoms. The van der Waals surface area contributed by atoms with Crippen molar-refractivity contribution < 1.29 is 9.53 Å². The molecular formula is C13H20N2O2. The molecule has 0 aliphatic heterocycles. The summed E-state index contributed by atoms with van der Waals surface area (Å²) in [7, 11) is 1.61. The summed E-state index contributed by atoms with van der Waals surface area (Å²) in [5, 5.41) is 3.13. The fourth-order valence-electron chi connectivity index (χ4n) is 1.61. The second kappa shape index (κ2) is 6.78. The van der Waals surface area contributed by atoms with Gasteiger partial charge in [0.2, 0.25) is 5.91 Å². The zero-order valence-electron chi connectivity index (χ0n) is 10.4. The zero-order valence-corrected chi connectivity index (χ0v) is 10.4. The van der Waals surface area contributed by atoms with Gasteiger partial charge in [-0.3, -0.25) is 4.79 Å². The van der Waals surface area contributed by atoms with Crippen molar-refractivity contribution in [2.45, 2.75) is 32.2 Å². The van der Waals surface area contributed by atoms with Crippen LogP contribution >= 0.6 is 0 Å². The first-order chi connectivity index (χ1) is 8.17. The first-order valence-corrected chi connectivity index (χ1v) is 5.87. The molecule has 1 unspecified atom stereocenters. The highest BCUT2D eigenvalue weighted by Crippen LogP contribution is 2.18. The summed E-state index contributed by atoms with van der Waals surface area (Å²) in [5.74, 6) is 0.440. The Morgan fingerprint density at radius 3 is 2.88 bits per heavy atom. The van der Waals surface area contributed by atoms with Gasteiger partial charge in [-0.1, -0.05) is 25.8 Å². The molecule has 0 aliphatic rings. The maximum atomic E-state index is 11.3. The van der Waals surface area contributed by atoms with Gasteiger partial charge >= 0.3 is 0 Å². The number of anilines is 1. The predicted octanol–water partition coefficient (Wildman–Crippen LogP) is 2.15. The van der Waals surface area contributed by atoms with Gasteiger partial charge in [0.25, 0.3) is 0 Å². The molecule has 1 rings (SSSR count). The number of unbranched alkanes of at least 4 members (excludes halogenated alkanes) is 1. The smallest absolute Gasteiger partial charge is 0.239 e. The van der Waals surface area contributed by atoms with Crippen molar-refractivity contribution in [1.82, 2.24) is 0 Å². The van der Waals surface area contributed by atoms with E-state index in [1.807, 2.05) is 24.3 Å². The average molecular weight is 236 g/mol. The molecule has 1 aromatic rings. The van der Waals surface area contributed by atoms with Crippen LogP contribution in [0.3, 0.4) is 0 Å². The highest BCUT2D eigenvalue weighted by molar-refractivity contribution is 5.82. The largest absolute Gasteiger partial charge is 0.497 e. The first-order valence-electron chi connectivity index (χ1n) is 5.87. The Bertz CT molecular complexity index is 366. The fourth-order valence-corrected chi connectivity index (χ4v) is 1.61. The molecule has 0 fully saturated rings.